The number of nitrogens with zero attached hydrogens (tertiary/aromatic N) is 3. The second kappa shape index (κ2) is 7.88. The van der Waals surface area contributed by atoms with Gasteiger partial charge in [0.05, 0.1) is 5.36 Å². The summed E-state index contributed by atoms with van der Waals surface area (Å²) in [6, 6.07) is 17.1. The predicted molar refractivity (Wildman–Crippen MR) is 118 cm³/mol. The molecule has 3 heterocycles. The summed E-state index contributed by atoms with van der Waals surface area (Å²) in [5, 5.41) is 10.9. The number of carbonyl (C=O) groups excluding carboxylic acids is 1. The molecule has 0 bridgehead atoms. The van der Waals surface area contributed by atoms with Crippen LogP contribution in [0.1, 0.15) is 11.9 Å². The quantitative estimate of drug-likeness (QED) is 0.643. The Bertz CT molecular complexity index is 1330. The van der Waals surface area contributed by atoms with Crippen LogP contribution in [0.4, 0.5) is 4.39 Å². The lowest BCUT2D eigenvalue weighted by molar-refractivity contribution is -0.116. The molecule has 5 rings (SSSR count). The molecule has 2 aliphatic heterocycles. The standard InChI is InChI=1S/C23H17FN4O2S/c1-2-13-31-23-26-22(29)20-16-5-3-4-6-17(16)25-21(28(20)27-23)19-12-11-18(30-19)14-7-9-15(24)10-8-14/h2-12,21H,1,13H2,(H,26,27,29)/t21-/m0/s1. The fraction of sp³-hybridized carbons (Fsp3) is 0.0870. The summed E-state index contributed by atoms with van der Waals surface area (Å²) in [6.45, 7) is 3.71. The Hall–Kier alpha value is -3.65. The van der Waals surface area contributed by atoms with Crippen LogP contribution in [0, 0.1) is 5.82 Å². The van der Waals surface area contributed by atoms with Gasteiger partial charge in [-0.2, -0.15) is 0 Å². The van der Waals surface area contributed by atoms with Gasteiger partial charge in [-0.05, 0) is 42.5 Å². The molecule has 0 saturated carbocycles. The molecule has 0 unspecified atom stereocenters. The number of nitrogens with one attached hydrogen (secondary N) is 1. The summed E-state index contributed by atoms with van der Waals surface area (Å²) < 4.78 is 19.3. The van der Waals surface area contributed by atoms with E-state index in [0.29, 0.717) is 38.7 Å². The van der Waals surface area contributed by atoms with Gasteiger partial charge in [-0.3, -0.25) is 10.1 Å². The number of halogens is 1. The number of carbonyl (C=O) groups is 1. The molecule has 2 aliphatic rings. The van der Waals surface area contributed by atoms with E-state index in [1.807, 2.05) is 24.3 Å². The molecule has 1 atom stereocenters. The molecule has 1 N–H and O–H groups in total. The van der Waals surface area contributed by atoms with Crippen LogP contribution >= 0.6 is 11.8 Å². The smallest absolute Gasteiger partial charge is 0.276 e. The number of furan rings is 1. The Morgan fingerprint density at radius 2 is 1.97 bits per heavy atom. The zero-order valence-corrected chi connectivity index (χ0v) is 17.1. The maximum absolute atomic E-state index is 13.3. The normalized spacial score (nSPS) is 17.3. The van der Waals surface area contributed by atoms with Crippen molar-refractivity contribution in [3.8, 4) is 11.3 Å². The third-order valence-corrected chi connectivity index (χ3v) is 5.72. The van der Waals surface area contributed by atoms with Crippen molar-refractivity contribution in [1.29, 1.82) is 0 Å². The minimum atomic E-state index is -0.649. The molecule has 3 aromatic rings. The van der Waals surface area contributed by atoms with Crippen molar-refractivity contribution in [2.75, 3.05) is 5.75 Å². The average molecular weight is 432 g/mol. The lowest BCUT2D eigenvalue weighted by atomic mass is 10.1. The highest BCUT2D eigenvalue weighted by Gasteiger charge is 2.35. The summed E-state index contributed by atoms with van der Waals surface area (Å²) in [5.41, 5.74) is 1.16. The number of rotatable bonds is 4. The molecule has 8 heteroatoms. The first-order chi connectivity index (χ1) is 15.1. The van der Waals surface area contributed by atoms with E-state index in [4.69, 9.17) is 9.41 Å². The van der Waals surface area contributed by atoms with Gasteiger partial charge < -0.3 is 4.42 Å². The first-order valence-corrected chi connectivity index (χ1v) is 10.6. The minimum absolute atomic E-state index is 0.251. The van der Waals surface area contributed by atoms with Crippen LogP contribution in [-0.4, -0.2) is 21.8 Å². The molecule has 0 spiro atoms. The molecule has 1 amide bonds. The van der Waals surface area contributed by atoms with E-state index in [1.165, 1.54) is 23.9 Å². The summed E-state index contributed by atoms with van der Waals surface area (Å²) >= 11 is 1.38. The van der Waals surface area contributed by atoms with Gasteiger partial charge in [-0.25, -0.2) is 14.4 Å². The van der Waals surface area contributed by atoms with E-state index in [9.17, 15) is 9.18 Å². The van der Waals surface area contributed by atoms with E-state index >= 15 is 0 Å². The van der Waals surface area contributed by atoms with E-state index in [1.54, 1.807) is 35.4 Å². The lowest BCUT2D eigenvalue weighted by Crippen LogP contribution is -2.50. The fourth-order valence-corrected chi connectivity index (χ4v) is 4.06. The van der Waals surface area contributed by atoms with Gasteiger partial charge in [0.1, 0.15) is 17.3 Å². The fourth-order valence-electron chi connectivity index (χ4n) is 3.48. The molecular formula is C23H17FN4O2S. The summed E-state index contributed by atoms with van der Waals surface area (Å²) in [4.78, 5) is 17.8. The van der Waals surface area contributed by atoms with Crippen LogP contribution in [0.2, 0.25) is 0 Å². The van der Waals surface area contributed by atoms with Crippen molar-refractivity contribution in [2.45, 2.75) is 6.17 Å². The van der Waals surface area contributed by atoms with Crippen molar-refractivity contribution < 1.29 is 13.6 Å². The molecule has 6 nitrogen and oxygen atoms in total. The number of thioether (sulfide) groups is 1. The molecule has 1 aromatic heterocycles. The van der Waals surface area contributed by atoms with Gasteiger partial charge in [0, 0.05) is 16.5 Å². The summed E-state index contributed by atoms with van der Waals surface area (Å²) in [6.07, 6.45) is 1.09. The third kappa shape index (κ3) is 3.55. The Labute approximate surface area is 181 Å². The molecule has 0 radical (unpaired) electrons. The van der Waals surface area contributed by atoms with Gasteiger partial charge in [0.2, 0.25) is 6.17 Å². The van der Waals surface area contributed by atoms with Gasteiger partial charge in [-0.15, -0.1) is 11.7 Å². The van der Waals surface area contributed by atoms with Crippen molar-refractivity contribution >= 4 is 28.5 Å². The maximum atomic E-state index is 13.3. The molecule has 154 valence electrons. The molecular weight excluding hydrogens is 415 g/mol. The molecule has 0 saturated heterocycles. The molecule has 2 aromatic carbocycles. The van der Waals surface area contributed by atoms with Crippen molar-refractivity contribution in [3.63, 3.8) is 0 Å². The van der Waals surface area contributed by atoms with E-state index < -0.39 is 6.17 Å². The third-order valence-electron chi connectivity index (χ3n) is 4.86. The van der Waals surface area contributed by atoms with Gasteiger partial charge >= 0.3 is 0 Å². The van der Waals surface area contributed by atoms with Crippen LogP contribution < -0.4 is 15.9 Å². The first-order valence-electron chi connectivity index (χ1n) is 9.60. The highest BCUT2D eigenvalue weighted by atomic mass is 32.2. The largest absolute Gasteiger partial charge is 0.457 e. The topological polar surface area (TPSA) is 70.2 Å². The van der Waals surface area contributed by atoms with Gasteiger partial charge in [0.25, 0.3) is 5.91 Å². The second-order valence-electron chi connectivity index (χ2n) is 6.88. The highest BCUT2D eigenvalue weighted by molar-refractivity contribution is 8.14. The monoisotopic (exact) mass is 432 g/mol. The first kappa shape index (κ1) is 19.3. The van der Waals surface area contributed by atoms with E-state index in [0.717, 1.165) is 5.56 Å². The Morgan fingerprint density at radius 3 is 2.77 bits per heavy atom. The number of fused-ring (bicyclic) bond motifs is 2. The zero-order chi connectivity index (χ0) is 21.4. The summed E-state index contributed by atoms with van der Waals surface area (Å²) in [5.74, 6) is 1.15. The van der Waals surface area contributed by atoms with E-state index in [-0.39, 0.29) is 11.7 Å². The number of hydrazone groups is 1. The van der Waals surface area contributed by atoms with Crippen molar-refractivity contribution in [1.82, 2.24) is 10.3 Å². The van der Waals surface area contributed by atoms with Crippen LogP contribution in [-0.2, 0) is 4.79 Å². The van der Waals surface area contributed by atoms with Crippen LogP contribution in [0.15, 0.2) is 87.8 Å². The zero-order valence-electron chi connectivity index (χ0n) is 16.3. The molecule has 0 fully saturated rings. The number of amides is 1. The number of amidine groups is 1. The van der Waals surface area contributed by atoms with Crippen LogP contribution in [0.5, 0.6) is 0 Å². The number of hydrogen-bond donors (Lipinski definition) is 1. The van der Waals surface area contributed by atoms with E-state index in [2.05, 4.69) is 17.0 Å². The number of para-hydroxylation sites is 1. The predicted octanol–water partition coefficient (Wildman–Crippen LogP) is 3.15. The number of benzene rings is 2. The highest BCUT2D eigenvalue weighted by Crippen LogP contribution is 2.34. The van der Waals surface area contributed by atoms with Gasteiger partial charge in [-0.1, -0.05) is 36.0 Å². The Balaban J connectivity index is 1.61. The molecule has 0 aliphatic carbocycles. The lowest BCUT2D eigenvalue weighted by Gasteiger charge is -2.32. The van der Waals surface area contributed by atoms with Gasteiger partial charge in [0.15, 0.2) is 10.9 Å². The second-order valence-corrected chi connectivity index (χ2v) is 7.89. The Kier molecular flexibility index (Phi) is 4.91. The number of hydrogen-bond acceptors (Lipinski definition) is 6. The maximum Gasteiger partial charge on any atom is 0.276 e. The van der Waals surface area contributed by atoms with Crippen LogP contribution in [0.25, 0.3) is 17.0 Å². The average Bonchev–Trinajstić information content (AvgIpc) is 3.27. The van der Waals surface area contributed by atoms with Crippen molar-refractivity contribution in [3.05, 3.63) is 95.5 Å². The SMILES string of the molecule is C=CCSC1=NN2C(=c3ccccc3=N[C@@H]2c2ccc(-c3ccc(F)cc3)o2)C(=O)N1. The minimum Gasteiger partial charge on any atom is -0.457 e. The van der Waals surface area contributed by atoms with Crippen LogP contribution in [0.3, 0.4) is 0 Å². The Morgan fingerprint density at radius 1 is 1.16 bits per heavy atom. The summed E-state index contributed by atoms with van der Waals surface area (Å²) in [7, 11) is 0. The van der Waals surface area contributed by atoms with Crippen molar-refractivity contribution in [2.24, 2.45) is 10.1 Å². The molecule has 31 heavy (non-hydrogen) atoms.